The largest absolute Gasteiger partial charge is 0.216 e. The average molecular weight is 176 g/mol. The molecular weight excluding hydrogens is 165 g/mol. The van der Waals surface area contributed by atoms with E-state index >= 15 is 0 Å². The van der Waals surface area contributed by atoms with Gasteiger partial charge in [-0.05, 0) is 17.6 Å². The SMILES string of the molecule is CC(C)C(/C=C/F)=C(F)/C=C/F. The number of hydrogen-bond acceptors (Lipinski definition) is 0. The maximum atomic E-state index is 12.8. The van der Waals surface area contributed by atoms with Crippen molar-refractivity contribution in [1.82, 2.24) is 0 Å². The van der Waals surface area contributed by atoms with Crippen LogP contribution in [0.2, 0.25) is 0 Å². The van der Waals surface area contributed by atoms with E-state index in [0.717, 1.165) is 6.08 Å². The van der Waals surface area contributed by atoms with Crippen LogP contribution in [0.4, 0.5) is 13.2 Å². The maximum Gasteiger partial charge on any atom is 0.129 e. The molecule has 0 unspecified atom stereocenters. The first-order chi connectivity index (χ1) is 5.63. The summed E-state index contributed by atoms with van der Waals surface area (Å²) in [6, 6.07) is 0. The third-order valence-electron chi connectivity index (χ3n) is 1.35. The quantitative estimate of drug-likeness (QED) is 0.573. The van der Waals surface area contributed by atoms with Gasteiger partial charge in [-0.25, -0.2) is 13.2 Å². The molecule has 0 atom stereocenters. The van der Waals surface area contributed by atoms with E-state index in [0.29, 0.717) is 6.08 Å². The van der Waals surface area contributed by atoms with Crippen molar-refractivity contribution in [3.8, 4) is 0 Å². The zero-order valence-electron chi connectivity index (χ0n) is 7.02. The summed E-state index contributed by atoms with van der Waals surface area (Å²) < 4.78 is 36.1. The van der Waals surface area contributed by atoms with Crippen LogP contribution in [-0.4, -0.2) is 0 Å². The Bertz CT molecular complexity index is 212. The molecule has 0 radical (unpaired) electrons. The highest BCUT2D eigenvalue weighted by Gasteiger charge is 2.05. The van der Waals surface area contributed by atoms with Gasteiger partial charge in [-0.3, -0.25) is 0 Å². The van der Waals surface area contributed by atoms with Crippen LogP contribution in [0.5, 0.6) is 0 Å². The van der Waals surface area contributed by atoms with Gasteiger partial charge in [0.05, 0.1) is 12.7 Å². The monoisotopic (exact) mass is 176 g/mol. The van der Waals surface area contributed by atoms with Gasteiger partial charge in [-0.15, -0.1) is 0 Å². The van der Waals surface area contributed by atoms with Crippen molar-refractivity contribution in [3.05, 3.63) is 36.2 Å². The Kier molecular flexibility index (Phi) is 5.17. The summed E-state index contributed by atoms with van der Waals surface area (Å²) in [4.78, 5) is 0. The lowest BCUT2D eigenvalue weighted by Gasteiger charge is -2.05. The zero-order chi connectivity index (χ0) is 9.56. The fourth-order valence-electron chi connectivity index (χ4n) is 0.767. The van der Waals surface area contributed by atoms with Crippen LogP contribution in [0.25, 0.3) is 0 Å². The first-order valence-electron chi connectivity index (χ1n) is 3.56. The molecular formula is C9H11F3. The van der Waals surface area contributed by atoms with E-state index < -0.39 is 5.83 Å². The fraction of sp³-hybridized carbons (Fsp3) is 0.333. The third kappa shape index (κ3) is 3.42. The van der Waals surface area contributed by atoms with Crippen molar-refractivity contribution in [2.45, 2.75) is 13.8 Å². The van der Waals surface area contributed by atoms with Gasteiger partial charge in [0, 0.05) is 6.08 Å². The smallest absolute Gasteiger partial charge is 0.129 e. The van der Waals surface area contributed by atoms with Gasteiger partial charge in [0.25, 0.3) is 0 Å². The number of allylic oxidation sites excluding steroid dienone is 4. The molecule has 3 heteroatoms. The molecule has 0 aromatic rings. The molecule has 0 saturated heterocycles. The minimum atomic E-state index is -0.749. The van der Waals surface area contributed by atoms with Gasteiger partial charge < -0.3 is 0 Å². The lowest BCUT2D eigenvalue weighted by Crippen LogP contribution is -1.92. The van der Waals surface area contributed by atoms with Crippen LogP contribution in [0.3, 0.4) is 0 Å². The molecule has 0 fully saturated rings. The van der Waals surface area contributed by atoms with E-state index in [2.05, 4.69) is 0 Å². The second-order valence-corrected chi connectivity index (χ2v) is 2.54. The molecule has 0 bridgehead atoms. The highest BCUT2D eigenvalue weighted by Crippen LogP contribution is 2.18. The fourth-order valence-corrected chi connectivity index (χ4v) is 0.767. The molecule has 0 aliphatic carbocycles. The van der Waals surface area contributed by atoms with Crippen molar-refractivity contribution >= 4 is 0 Å². The van der Waals surface area contributed by atoms with Crippen molar-refractivity contribution in [2.75, 3.05) is 0 Å². The zero-order valence-corrected chi connectivity index (χ0v) is 7.02. The second-order valence-electron chi connectivity index (χ2n) is 2.54. The Morgan fingerprint density at radius 1 is 1.08 bits per heavy atom. The van der Waals surface area contributed by atoms with Gasteiger partial charge in [0.15, 0.2) is 0 Å². The first-order valence-corrected chi connectivity index (χ1v) is 3.56. The molecule has 0 rings (SSSR count). The third-order valence-corrected chi connectivity index (χ3v) is 1.35. The summed E-state index contributed by atoms with van der Waals surface area (Å²) in [5.41, 5.74) is 0.145. The summed E-state index contributed by atoms with van der Waals surface area (Å²) in [5.74, 6) is -0.922. The highest BCUT2D eigenvalue weighted by atomic mass is 19.1. The summed E-state index contributed by atoms with van der Waals surface area (Å²) >= 11 is 0. The topological polar surface area (TPSA) is 0 Å². The van der Waals surface area contributed by atoms with Crippen LogP contribution in [-0.2, 0) is 0 Å². The van der Waals surface area contributed by atoms with Crippen LogP contribution in [0.15, 0.2) is 36.2 Å². The molecule has 0 aromatic heterocycles. The van der Waals surface area contributed by atoms with Gasteiger partial charge in [0.1, 0.15) is 5.83 Å². The van der Waals surface area contributed by atoms with Crippen LogP contribution >= 0.6 is 0 Å². The van der Waals surface area contributed by atoms with E-state index in [-0.39, 0.29) is 24.2 Å². The summed E-state index contributed by atoms with van der Waals surface area (Å²) in [6.45, 7) is 3.39. The lowest BCUT2D eigenvalue weighted by atomic mass is 10.0. The van der Waals surface area contributed by atoms with Crippen molar-refractivity contribution in [1.29, 1.82) is 0 Å². The van der Waals surface area contributed by atoms with Crippen molar-refractivity contribution < 1.29 is 13.2 Å². The van der Waals surface area contributed by atoms with E-state index in [1.807, 2.05) is 0 Å². The summed E-state index contributed by atoms with van der Waals surface area (Å²) in [7, 11) is 0. The van der Waals surface area contributed by atoms with Gasteiger partial charge in [-0.2, -0.15) is 0 Å². The van der Waals surface area contributed by atoms with Crippen LogP contribution in [0, 0.1) is 5.92 Å². The Morgan fingerprint density at radius 3 is 1.92 bits per heavy atom. The molecule has 0 amide bonds. The minimum Gasteiger partial charge on any atom is -0.216 e. The average Bonchev–Trinajstić information content (AvgIpc) is 1.99. The van der Waals surface area contributed by atoms with Crippen molar-refractivity contribution in [2.24, 2.45) is 5.92 Å². The van der Waals surface area contributed by atoms with Gasteiger partial charge in [-0.1, -0.05) is 13.8 Å². The standard InChI is InChI=1S/C9H11F3/c1-7(2)8(3-5-10)9(12)4-6-11/h3-7H,1-2H3/b5-3+,6-4+,9-8-. The van der Waals surface area contributed by atoms with E-state index in [1.165, 1.54) is 0 Å². The van der Waals surface area contributed by atoms with Crippen molar-refractivity contribution in [3.63, 3.8) is 0 Å². The molecule has 68 valence electrons. The molecule has 0 nitrogen and oxygen atoms in total. The Labute approximate surface area is 70.1 Å². The molecule has 0 aliphatic heterocycles. The molecule has 12 heavy (non-hydrogen) atoms. The molecule has 0 heterocycles. The number of halogens is 3. The van der Waals surface area contributed by atoms with Crippen LogP contribution in [0.1, 0.15) is 13.8 Å². The second kappa shape index (κ2) is 5.63. The Hall–Kier alpha value is -0.990. The van der Waals surface area contributed by atoms with E-state index in [4.69, 9.17) is 0 Å². The Balaban J connectivity index is 4.79. The highest BCUT2D eigenvalue weighted by molar-refractivity contribution is 5.28. The molecule has 0 aromatic carbocycles. The summed E-state index contributed by atoms with van der Waals surface area (Å²) in [6.07, 6.45) is 1.97. The minimum absolute atomic E-state index is 0.0871. The molecule has 0 N–H and O–H groups in total. The number of hydrogen-bond donors (Lipinski definition) is 0. The summed E-state index contributed by atoms with van der Waals surface area (Å²) in [5, 5.41) is 0. The Morgan fingerprint density at radius 2 is 1.58 bits per heavy atom. The normalized spacial score (nSPS) is 14.8. The van der Waals surface area contributed by atoms with Gasteiger partial charge in [0.2, 0.25) is 0 Å². The number of rotatable bonds is 3. The predicted molar refractivity (Wildman–Crippen MR) is 43.5 cm³/mol. The van der Waals surface area contributed by atoms with E-state index in [1.54, 1.807) is 13.8 Å². The lowest BCUT2D eigenvalue weighted by molar-refractivity contribution is 0.616. The van der Waals surface area contributed by atoms with E-state index in [9.17, 15) is 13.2 Å². The van der Waals surface area contributed by atoms with Gasteiger partial charge >= 0.3 is 0 Å². The van der Waals surface area contributed by atoms with Crippen LogP contribution < -0.4 is 0 Å². The maximum absolute atomic E-state index is 12.8. The predicted octanol–water partition coefficient (Wildman–Crippen LogP) is 3.83. The molecule has 0 spiro atoms. The first kappa shape index (κ1) is 11.0. The molecule has 0 aliphatic rings. The molecule has 0 saturated carbocycles.